The molecule has 2 aromatic heterocycles. The maximum Gasteiger partial charge on any atom is 0.411 e. The van der Waals surface area contributed by atoms with E-state index in [1.807, 2.05) is 0 Å². The van der Waals surface area contributed by atoms with Crippen molar-refractivity contribution in [1.29, 1.82) is 0 Å². The Balaban J connectivity index is 1.40. The van der Waals surface area contributed by atoms with Crippen molar-refractivity contribution in [2.24, 2.45) is 0 Å². The second-order valence-corrected chi connectivity index (χ2v) is 9.19. The number of hydrogen-bond donors (Lipinski definition) is 3. The highest BCUT2D eigenvalue weighted by Crippen LogP contribution is 2.33. The molecule has 1 atom stereocenters. The monoisotopic (exact) mass is 574 g/mol. The van der Waals surface area contributed by atoms with Crippen LogP contribution in [0.3, 0.4) is 0 Å². The fourth-order valence-corrected chi connectivity index (χ4v) is 4.23. The van der Waals surface area contributed by atoms with Crippen molar-refractivity contribution < 1.29 is 23.5 Å². The van der Waals surface area contributed by atoms with Gasteiger partial charge in [-0.25, -0.2) is 9.78 Å². The Morgan fingerprint density at radius 2 is 2.10 bits per heavy atom. The Bertz CT molecular complexity index is 1650. The summed E-state index contributed by atoms with van der Waals surface area (Å²) in [5, 5.41) is 20.0. The zero-order valence-electron chi connectivity index (χ0n) is 21.6. The Labute approximate surface area is 238 Å². The minimum Gasteiger partial charge on any atom is -0.453 e. The quantitative estimate of drug-likeness (QED) is 0.232. The van der Waals surface area contributed by atoms with Crippen LogP contribution in [0, 0.1) is 0 Å². The van der Waals surface area contributed by atoms with Crippen molar-refractivity contribution >= 4 is 47.0 Å². The van der Waals surface area contributed by atoms with Crippen LogP contribution in [0.4, 0.5) is 16.2 Å². The average Bonchev–Trinajstić information content (AvgIpc) is 3.66. The number of ether oxygens (including phenoxy) is 1. The van der Waals surface area contributed by atoms with Crippen LogP contribution < -0.4 is 16.0 Å². The first-order valence-corrected chi connectivity index (χ1v) is 12.7. The van der Waals surface area contributed by atoms with Gasteiger partial charge in [-0.1, -0.05) is 23.8 Å². The predicted molar refractivity (Wildman–Crippen MR) is 149 cm³/mol. The van der Waals surface area contributed by atoms with E-state index in [0.717, 1.165) is 0 Å². The number of carbonyl (C=O) groups is 3. The number of oxazole rings is 1. The number of nitrogens with one attached hydrogen (secondary N) is 3. The zero-order chi connectivity index (χ0) is 28.8. The second-order valence-electron chi connectivity index (χ2n) is 8.75. The summed E-state index contributed by atoms with van der Waals surface area (Å²) in [6.45, 7) is 0. The summed E-state index contributed by atoms with van der Waals surface area (Å²) >= 11 is 6.17. The molecule has 1 aliphatic rings. The van der Waals surface area contributed by atoms with Crippen LogP contribution >= 0.6 is 11.6 Å². The lowest BCUT2D eigenvalue weighted by atomic mass is 10.1. The summed E-state index contributed by atoms with van der Waals surface area (Å²) < 4.78 is 12.1. The van der Waals surface area contributed by atoms with Gasteiger partial charge in [0.25, 0.3) is 0 Å². The summed E-state index contributed by atoms with van der Waals surface area (Å²) in [4.78, 5) is 41.6. The third kappa shape index (κ3) is 6.65. The SMILES string of the molecule is COC(=O)Nc1ccc2c(c1)NC(=O)CC=CCC(NC(=O)C=Cc1cc(Cl)ccc1-n1cnnn1)c1ncc-2o1. The Morgan fingerprint density at radius 1 is 1.22 bits per heavy atom. The molecule has 0 aliphatic carbocycles. The van der Waals surface area contributed by atoms with Crippen molar-refractivity contribution in [3.63, 3.8) is 0 Å². The normalized spacial score (nSPS) is 14.9. The number of rotatable bonds is 5. The van der Waals surface area contributed by atoms with Crippen molar-refractivity contribution in [2.75, 3.05) is 17.7 Å². The minimum atomic E-state index is -0.649. The van der Waals surface area contributed by atoms with Crippen LogP contribution in [0.2, 0.25) is 5.02 Å². The fraction of sp³-hybridized carbons (Fsp3) is 0.148. The lowest BCUT2D eigenvalue weighted by Gasteiger charge is -2.15. The molecule has 2 aromatic carbocycles. The Hall–Kier alpha value is -5.30. The van der Waals surface area contributed by atoms with Crippen LogP contribution in [0.15, 0.2) is 71.6 Å². The number of aromatic nitrogens is 5. The van der Waals surface area contributed by atoms with Gasteiger partial charge in [0.1, 0.15) is 12.4 Å². The predicted octanol–water partition coefficient (Wildman–Crippen LogP) is 4.31. The van der Waals surface area contributed by atoms with E-state index in [1.165, 1.54) is 30.4 Å². The molecule has 0 spiro atoms. The van der Waals surface area contributed by atoms with Crippen LogP contribution in [-0.2, 0) is 14.3 Å². The maximum absolute atomic E-state index is 13.0. The van der Waals surface area contributed by atoms with Gasteiger partial charge in [-0.3, -0.25) is 14.9 Å². The second kappa shape index (κ2) is 12.3. The van der Waals surface area contributed by atoms with E-state index in [4.69, 9.17) is 16.0 Å². The molecule has 0 saturated carbocycles. The van der Waals surface area contributed by atoms with Gasteiger partial charge in [0, 0.05) is 34.3 Å². The minimum absolute atomic E-state index is 0.0930. The van der Waals surface area contributed by atoms with Crippen LogP contribution in [-0.4, -0.2) is 50.2 Å². The van der Waals surface area contributed by atoms with Crippen molar-refractivity contribution in [3.8, 4) is 17.0 Å². The van der Waals surface area contributed by atoms with Gasteiger partial charge in [-0.15, -0.1) is 5.10 Å². The molecule has 14 heteroatoms. The van der Waals surface area contributed by atoms with E-state index in [0.29, 0.717) is 45.4 Å². The number of amides is 3. The lowest BCUT2D eigenvalue weighted by molar-refractivity contribution is -0.117. The van der Waals surface area contributed by atoms with E-state index in [-0.39, 0.29) is 18.2 Å². The highest BCUT2D eigenvalue weighted by Gasteiger charge is 2.21. The third-order valence-electron chi connectivity index (χ3n) is 5.97. The van der Waals surface area contributed by atoms with E-state index < -0.39 is 18.0 Å². The number of halogens is 1. The summed E-state index contributed by atoms with van der Waals surface area (Å²) in [6, 6.07) is 9.41. The average molecular weight is 575 g/mol. The summed E-state index contributed by atoms with van der Waals surface area (Å²) in [6.07, 6.45) is 9.14. The molecule has 0 radical (unpaired) electrons. The number of anilines is 2. The molecular weight excluding hydrogens is 552 g/mol. The van der Waals surface area contributed by atoms with E-state index in [9.17, 15) is 14.4 Å². The van der Waals surface area contributed by atoms with Gasteiger partial charge < -0.3 is 19.8 Å². The largest absolute Gasteiger partial charge is 0.453 e. The van der Waals surface area contributed by atoms with Crippen molar-refractivity contribution in [2.45, 2.75) is 18.9 Å². The number of carbonyl (C=O) groups excluding carboxylic acids is 3. The first-order chi connectivity index (χ1) is 19.9. The van der Waals surface area contributed by atoms with Crippen LogP contribution in [0.5, 0.6) is 0 Å². The molecule has 1 aliphatic heterocycles. The third-order valence-corrected chi connectivity index (χ3v) is 6.21. The summed E-state index contributed by atoms with van der Waals surface area (Å²) in [5.74, 6) is -0.0431. The van der Waals surface area contributed by atoms with Crippen molar-refractivity contribution in [1.82, 2.24) is 30.5 Å². The molecule has 2 bridgehead atoms. The van der Waals surface area contributed by atoms with Gasteiger partial charge in [0.05, 0.1) is 24.7 Å². The molecule has 208 valence electrons. The van der Waals surface area contributed by atoms with Crippen molar-refractivity contribution in [3.05, 3.63) is 83.6 Å². The first kappa shape index (κ1) is 27.3. The molecule has 41 heavy (non-hydrogen) atoms. The number of methoxy groups -OCH3 is 1. The number of tetrazole rings is 1. The molecule has 1 unspecified atom stereocenters. The maximum atomic E-state index is 13.0. The lowest BCUT2D eigenvalue weighted by Crippen LogP contribution is -2.26. The summed E-state index contributed by atoms with van der Waals surface area (Å²) in [7, 11) is 1.25. The van der Waals surface area contributed by atoms with Gasteiger partial charge in [0.15, 0.2) is 5.76 Å². The number of benzene rings is 2. The molecule has 0 fully saturated rings. The molecule has 3 N–H and O–H groups in total. The van der Waals surface area contributed by atoms with Crippen LogP contribution in [0.1, 0.15) is 30.3 Å². The number of hydrogen-bond acceptors (Lipinski definition) is 9. The highest BCUT2D eigenvalue weighted by molar-refractivity contribution is 6.30. The topological polar surface area (TPSA) is 166 Å². The molecule has 4 aromatic rings. The zero-order valence-corrected chi connectivity index (χ0v) is 22.3. The van der Waals surface area contributed by atoms with E-state index >= 15 is 0 Å². The summed E-state index contributed by atoms with van der Waals surface area (Å²) in [5.41, 5.74) is 2.62. The number of nitrogens with zero attached hydrogens (tertiary/aromatic N) is 5. The van der Waals surface area contributed by atoms with E-state index in [2.05, 4.69) is 41.2 Å². The Morgan fingerprint density at radius 3 is 2.90 bits per heavy atom. The molecule has 13 nitrogen and oxygen atoms in total. The highest BCUT2D eigenvalue weighted by atomic mass is 35.5. The molecule has 3 amide bonds. The van der Waals surface area contributed by atoms with Gasteiger partial charge in [-0.05, 0) is 59.3 Å². The molecule has 5 rings (SSSR count). The first-order valence-electron chi connectivity index (χ1n) is 12.3. The smallest absolute Gasteiger partial charge is 0.411 e. The molecule has 0 saturated heterocycles. The van der Waals surface area contributed by atoms with Gasteiger partial charge in [-0.2, -0.15) is 4.68 Å². The van der Waals surface area contributed by atoms with Crippen LogP contribution in [0.25, 0.3) is 23.1 Å². The molecular formula is C27H23ClN8O5. The fourth-order valence-electron chi connectivity index (χ4n) is 4.05. The Kier molecular flexibility index (Phi) is 8.15. The van der Waals surface area contributed by atoms with Gasteiger partial charge >= 0.3 is 6.09 Å². The number of fused-ring (bicyclic) bond motifs is 4. The standard InChI is InChI=1S/C27H23ClN8O5/c1-40-27(39)31-18-8-9-19-21(13-18)33-24(37)5-3-2-4-20(26-29-14-23(19)41-26)32-25(38)11-6-16-12-17(28)7-10-22(16)36-15-30-34-35-36/h2-3,6-15,20H,4-5H2,1H3,(H,31,39)(H,32,38)(H,33,37). The molecule has 3 heterocycles. The van der Waals surface area contributed by atoms with E-state index in [1.54, 1.807) is 54.6 Å². The van der Waals surface area contributed by atoms with Gasteiger partial charge in [0.2, 0.25) is 17.7 Å².